The fourth-order valence-electron chi connectivity index (χ4n) is 1.92. The molecule has 1 aromatic carbocycles. The van der Waals surface area contributed by atoms with E-state index in [-0.39, 0.29) is 6.10 Å². The summed E-state index contributed by atoms with van der Waals surface area (Å²) in [4.78, 5) is 4.39. The lowest BCUT2D eigenvalue weighted by Crippen LogP contribution is -2.18. The van der Waals surface area contributed by atoms with Crippen LogP contribution in [-0.4, -0.2) is 32.2 Å². The molecule has 0 spiro atoms. The van der Waals surface area contributed by atoms with Crippen LogP contribution in [0.2, 0.25) is 0 Å². The predicted molar refractivity (Wildman–Crippen MR) is 67.5 cm³/mol. The monoisotopic (exact) mass is 234 g/mol. The highest BCUT2D eigenvalue weighted by Gasteiger charge is 2.19. The molecule has 2 rings (SSSR count). The van der Waals surface area contributed by atoms with Gasteiger partial charge in [-0.25, -0.2) is 0 Å². The minimum Gasteiger partial charge on any atom is -0.496 e. The maximum Gasteiger partial charge on any atom is 0.188 e. The first kappa shape index (κ1) is 11.9. The van der Waals surface area contributed by atoms with Crippen LogP contribution >= 0.6 is 0 Å². The van der Waals surface area contributed by atoms with Crippen molar-refractivity contribution >= 4 is 5.90 Å². The van der Waals surface area contributed by atoms with Gasteiger partial charge in [-0.2, -0.15) is 0 Å². The topological polar surface area (TPSA) is 56.8 Å². The third-order valence-corrected chi connectivity index (χ3v) is 2.80. The third-order valence-electron chi connectivity index (χ3n) is 2.80. The van der Waals surface area contributed by atoms with E-state index in [1.165, 1.54) is 0 Å². The fourth-order valence-corrected chi connectivity index (χ4v) is 1.92. The predicted octanol–water partition coefficient (Wildman–Crippen LogP) is 1.38. The maximum atomic E-state index is 5.72. The SMILES string of the molecule is COc1ccccc1CC1=NCC(CCN)O1. The van der Waals surface area contributed by atoms with Crippen molar-refractivity contribution in [3.63, 3.8) is 0 Å². The first-order valence-electron chi connectivity index (χ1n) is 5.85. The Kier molecular flexibility index (Phi) is 3.98. The molecule has 1 aliphatic heterocycles. The average Bonchev–Trinajstić information content (AvgIpc) is 2.78. The van der Waals surface area contributed by atoms with E-state index in [0.717, 1.165) is 30.2 Å². The molecule has 0 amide bonds. The van der Waals surface area contributed by atoms with Gasteiger partial charge in [-0.15, -0.1) is 0 Å². The van der Waals surface area contributed by atoms with Gasteiger partial charge in [-0.05, 0) is 19.0 Å². The van der Waals surface area contributed by atoms with E-state index in [4.69, 9.17) is 15.2 Å². The normalized spacial score (nSPS) is 18.7. The van der Waals surface area contributed by atoms with Gasteiger partial charge in [0, 0.05) is 5.56 Å². The van der Waals surface area contributed by atoms with Gasteiger partial charge in [-0.3, -0.25) is 4.99 Å². The number of hydrogen-bond acceptors (Lipinski definition) is 4. The second-order valence-electron chi connectivity index (χ2n) is 4.04. The summed E-state index contributed by atoms with van der Waals surface area (Å²) in [6.07, 6.45) is 1.70. The van der Waals surface area contributed by atoms with Gasteiger partial charge in [0.1, 0.15) is 11.9 Å². The Hall–Kier alpha value is -1.55. The molecular weight excluding hydrogens is 216 g/mol. The van der Waals surface area contributed by atoms with Crippen LogP contribution in [0.3, 0.4) is 0 Å². The molecule has 4 heteroatoms. The van der Waals surface area contributed by atoms with E-state index in [1.54, 1.807) is 7.11 Å². The molecule has 1 atom stereocenters. The van der Waals surface area contributed by atoms with Crippen LogP contribution < -0.4 is 10.5 Å². The number of benzene rings is 1. The van der Waals surface area contributed by atoms with Crippen LogP contribution in [0.5, 0.6) is 5.75 Å². The number of ether oxygens (including phenoxy) is 2. The molecular formula is C13H18N2O2. The minimum absolute atomic E-state index is 0.157. The van der Waals surface area contributed by atoms with Crippen LogP contribution in [0.1, 0.15) is 12.0 Å². The molecule has 0 saturated carbocycles. The quantitative estimate of drug-likeness (QED) is 0.837. The molecule has 4 nitrogen and oxygen atoms in total. The van der Waals surface area contributed by atoms with Crippen LogP contribution in [0.25, 0.3) is 0 Å². The van der Waals surface area contributed by atoms with Crippen molar-refractivity contribution in [1.82, 2.24) is 0 Å². The molecule has 0 fully saturated rings. The van der Waals surface area contributed by atoms with Crippen molar-refractivity contribution in [3.8, 4) is 5.75 Å². The molecule has 1 unspecified atom stereocenters. The van der Waals surface area contributed by atoms with Crippen molar-refractivity contribution < 1.29 is 9.47 Å². The second kappa shape index (κ2) is 5.68. The number of aliphatic imine (C=N–C) groups is 1. The van der Waals surface area contributed by atoms with Crippen LogP contribution in [0.15, 0.2) is 29.3 Å². The molecule has 17 heavy (non-hydrogen) atoms. The average molecular weight is 234 g/mol. The number of rotatable bonds is 5. The van der Waals surface area contributed by atoms with Gasteiger partial charge < -0.3 is 15.2 Å². The molecule has 0 aliphatic carbocycles. The van der Waals surface area contributed by atoms with E-state index in [2.05, 4.69) is 4.99 Å². The summed E-state index contributed by atoms with van der Waals surface area (Å²) in [5, 5.41) is 0. The zero-order chi connectivity index (χ0) is 12.1. The fraction of sp³-hybridized carbons (Fsp3) is 0.462. The van der Waals surface area contributed by atoms with E-state index >= 15 is 0 Å². The zero-order valence-electron chi connectivity index (χ0n) is 10.1. The highest BCUT2D eigenvalue weighted by atomic mass is 16.5. The van der Waals surface area contributed by atoms with Crippen LogP contribution in [-0.2, 0) is 11.2 Å². The van der Waals surface area contributed by atoms with Crippen molar-refractivity contribution in [3.05, 3.63) is 29.8 Å². The Balaban J connectivity index is 1.98. The number of hydrogen-bond donors (Lipinski definition) is 1. The Morgan fingerprint density at radius 3 is 3.06 bits per heavy atom. The summed E-state index contributed by atoms with van der Waals surface area (Å²) in [5.41, 5.74) is 6.60. The Morgan fingerprint density at radius 1 is 1.47 bits per heavy atom. The Bertz CT molecular complexity index is 404. The van der Waals surface area contributed by atoms with E-state index in [9.17, 15) is 0 Å². The van der Waals surface area contributed by atoms with E-state index in [1.807, 2.05) is 24.3 Å². The Labute approximate surface area is 101 Å². The molecule has 2 N–H and O–H groups in total. The molecule has 0 aromatic heterocycles. The van der Waals surface area contributed by atoms with E-state index < -0.39 is 0 Å². The lowest BCUT2D eigenvalue weighted by atomic mass is 10.1. The molecule has 0 radical (unpaired) electrons. The molecule has 0 saturated heterocycles. The van der Waals surface area contributed by atoms with Gasteiger partial charge in [-0.1, -0.05) is 18.2 Å². The third kappa shape index (κ3) is 2.97. The standard InChI is InChI=1S/C13H18N2O2/c1-16-12-5-3-2-4-10(12)8-13-15-9-11(17-13)6-7-14/h2-5,11H,6-9,14H2,1H3. The molecule has 1 aliphatic rings. The maximum absolute atomic E-state index is 5.72. The smallest absolute Gasteiger partial charge is 0.188 e. The lowest BCUT2D eigenvalue weighted by molar-refractivity contribution is 0.212. The summed E-state index contributed by atoms with van der Waals surface area (Å²) in [5.74, 6) is 1.66. The number of methoxy groups -OCH3 is 1. The largest absolute Gasteiger partial charge is 0.496 e. The van der Waals surface area contributed by atoms with E-state index in [0.29, 0.717) is 13.0 Å². The minimum atomic E-state index is 0.157. The van der Waals surface area contributed by atoms with Gasteiger partial charge in [0.25, 0.3) is 0 Å². The summed E-state index contributed by atoms with van der Waals surface area (Å²) in [7, 11) is 1.67. The highest BCUT2D eigenvalue weighted by Crippen LogP contribution is 2.20. The number of para-hydroxylation sites is 1. The van der Waals surface area contributed by atoms with Gasteiger partial charge >= 0.3 is 0 Å². The van der Waals surface area contributed by atoms with Gasteiger partial charge in [0.05, 0.1) is 20.1 Å². The van der Waals surface area contributed by atoms with Crippen molar-refractivity contribution in [1.29, 1.82) is 0 Å². The molecule has 92 valence electrons. The van der Waals surface area contributed by atoms with Crippen LogP contribution in [0.4, 0.5) is 0 Å². The molecule has 1 aromatic rings. The highest BCUT2D eigenvalue weighted by molar-refractivity contribution is 5.80. The lowest BCUT2D eigenvalue weighted by Gasteiger charge is -2.11. The van der Waals surface area contributed by atoms with Crippen molar-refractivity contribution in [2.75, 3.05) is 20.2 Å². The molecule has 0 bridgehead atoms. The number of nitrogens with two attached hydrogens (primary N) is 1. The first-order chi connectivity index (χ1) is 8.33. The summed E-state index contributed by atoms with van der Waals surface area (Å²) < 4.78 is 11.0. The zero-order valence-corrected chi connectivity index (χ0v) is 10.1. The Morgan fingerprint density at radius 2 is 2.29 bits per heavy atom. The second-order valence-corrected chi connectivity index (χ2v) is 4.04. The van der Waals surface area contributed by atoms with Crippen molar-refractivity contribution in [2.24, 2.45) is 10.7 Å². The first-order valence-corrected chi connectivity index (χ1v) is 5.85. The van der Waals surface area contributed by atoms with Gasteiger partial charge in [0.15, 0.2) is 5.90 Å². The molecule has 1 heterocycles. The summed E-state index contributed by atoms with van der Waals surface area (Å²) in [6, 6.07) is 7.92. The van der Waals surface area contributed by atoms with Crippen molar-refractivity contribution in [2.45, 2.75) is 18.9 Å². The van der Waals surface area contributed by atoms with Gasteiger partial charge in [0.2, 0.25) is 0 Å². The summed E-state index contributed by atoms with van der Waals surface area (Å²) in [6.45, 7) is 1.36. The van der Waals surface area contributed by atoms with Crippen LogP contribution in [0, 0.1) is 0 Å². The summed E-state index contributed by atoms with van der Waals surface area (Å²) >= 11 is 0. The number of nitrogens with zero attached hydrogens (tertiary/aromatic N) is 1.